The average molecular weight is 287 g/mol. The number of benzene rings is 1. The van der Waals surface area contributed by atoms with Gasteiger partial charge in [0, 0.05) is 44.3 Å². The summed E-state index contributed by atoms with van der Waals surface area (Å²) in [6.07, 6.45) is 2.71. The normalized spacial score (nSPS) is 26.6. The van der Waals surface area contributed by atoms with Crippen LogP contribution in [-0.4, -0.2) is 47.4 Å². The molecule has 0 saturated carbocycles. The maximum absolute atomic E-state index is 11.0. The third-order valence-electron chi connectivity index (χ3n) is 4.73. The van der Waals surface area contributed by atoms with Crippen molar-refractivity contribution in [2.24, 2.45) is 0 Å². The second kappa shape index (κ2) is 6.16. The highest BCUT2D eigenvalue weighted by Crippen LogP contribution is 2.25. The summed E-state index contributed by atoms with van der Waals surface area (Å²) >= 11 is 0. The van der Waals surface area contributed by atoms with Crippen LogP contribution in [0.1, 0.15) is 32.3 Å². The third-order valence-corrected chi connectivity index (χ3v) is 4.73. The van der Waals surface area contributed by atoms with Gasteiger partial charge in [0.2, 0.25) is 5.91 Å². The van der Waals surface area contributed by atoms with Crippen molar-refractivity contribution in [3.63, 3.8) is 0 Å². The zero-order chi connectivity index (χ0) is 14.8. The summed E-state index contributed by atoms with van der Waals surface area (Å²) in [5.41, 5.74) is 2.20. The van der Waals surface area contributed by atoms with E-state index in [0.717, 1.165) is 18.3 Å². The molecule has 2 fully saturated rings. The fourth-order valence-corrected chi connectivity index (χ4v) is 3.60. The van der Waals surface area contributed by atoms with Crippen LogP contribution in [0.5, 0.6) is 0 Å². The van der Waals surface area contributed by atoms with Gasteiger partial charge in [-0.2, -0.15) is 0 Å². The molecule has 3 rings (SSSR count). The molecule has 114 valence electrons. The van der Waals surface area contributed by atoms with E-state index in [1.807, 2.05) is 12.1 Å². The van der Waals surface area contributed by atoms with E-state index in [1.165, 1.54) is 45.0 Å². The van der Waals surface area contributed by atoms with Gasteiger partial charge in [-0.25, -0.2) is 0 Å². The van der Waals surface area contributed by atoms with Crippen molar-refractivity contribution in [2.75, 3.05) is 25.0 Å². The van der Waals surface area contributed by atoms with Crippen molar-refractivity contribution in [3.8, 4) is 0 Å². The van der Waals surface area contributed by atoms with Gasteiger partial charge in [0.15, 0.2) is 0 Å². The third kappa shape index (κ3) is 3.44. The van der Waals surface area contributed by atoms with Gasteiger partial charge < -0.3 is 5.32 Å². The molecule has 4 nitrogen and oxygen atoms in total. The summed E-state index contributed by atoms with van der Waals surface area (Å²) in [5, 5.41) is 2.82. The van der Waals surface area contributed by atoms with Crippen LogP contribution in [0.15, 0.2) is 24.3 Å². The van der Waals surface area contributed by atoms with E-state index in [0.29, 0.717) is 6.04 Å². The summed E-state index contributed by atoms with van der Waals surface area (Å²) in [5.74, 6) is -0.0197. The minimum Gasteiger partial charge on any atom is -0.326 e. The molecule has 1 N–H and O–H groups in total. The first kappa shape index (κ1) is 14.5. The van der Waals surface area contributed by atoms with Crippen LogP contribution in [0.25, 0.3) is 0 Å². The summed E-state index contributed by atoms with van der Waals surface area (Å²) < 4.78 is 0. The molecule has 1 aromatic rings. The molecular weight excluding hydrogens is 262 g/mol. The largest absolute Gasteiger partial charge is 0.326 e. The van der Waals surface area contributed by atoms with Gasteiger partial charge in [-0.05, 0) is 44.0 Å². The topological polar surface area (TPSA) is 35.6 Å². The number of carbonyl (C=O) groups is 1. The average Bonchev–Trinajstić information content (AvgIpc) is 2.88. The molecule has 0 aromatic heterocycles. The number of nitrogens with one attached hydrogen (secondary N) is 1. The Hall–Kier alpha value is -1.39. The first-order valence-electron chi connectivity index (χ1n) is 7.96. The molecule has 0 unspecified atom stereocenters. The Morgan fingerprint density at radius 2 is 2.05 bits per heavy atom. The van der Waals surface area contributed by atoms with Gasteiger partial charge in [-0.15, -0.1) is 0 Å². The van der Waals surface area contributed by atoms with Gasteiger partial charge in [-0.1, -0.05) is 12.1 Å². The van der Waals surface area contributed by atoms with Crippen molar-refractivity contribution < 1.29 is 4.79 Å². The predicted octanol–water partition coefficient (Wildman–Crippen LogP) is 2.31. The van der Waals surface area contributed by atoms with Crippen molar-refractivity contribution in [1.82, 2.24) is 9.80 Å². The number of carbonyl (C=O) groups excluding carboxylic acids is 1. The molecule has 2 aliphatic rings. The quantitative estimate of drug-likeness (QED) is 0.926. The summed E-state index contributed by atoms with van der Waals surface area (Å²) in [6, 6.07) is 9.62. The van der Waals surface area contributed by atoms with E-state index >= 15 is 0 Å². The smallest absolute Gasteiger partial charge is 0.221 e. The van der Waals surface area contributed by atoms with E-state index in [9.17, 15) is 4.79 Å². The van der Waals surface area contributed by atoms with Crippen molar-refractivity contribution in [3.05, 3.63) is 29.8 Å². The standard InChI is InChI=1S/C17H25N3O/c1-13-10-19-9-3-4-17(19)12-20(13)11-15-5-7-16(8-6-15)18-14(2)21/h5-8,13,17H,3-4,9-12H2,1-2H3,(H,18,21)/t13-,17+/m1/s1. The Labute approximate surface area is 127 Å². The molecule has 1 amide bonds. The molecule has 0 spiro atoms. The van der Waals surface area contributed by atoms with Crippen LogP contribution in [0.2, 0.25) is 0 Å². The first-order valence-corrected chi connectivity index (χ1v) is 7.96. The van der Waals surface area contributed by atoms with Crippen molar-refractivity contribution >= 4 is 11.6 Å². The van der Waals surface area contributed by atoms with E-state index in [4.69, 9.17) is 0 Å². The number of amides is 1. The zero-order valence-electron chi connectivity index (χ0n) is 13.0. The summed E-state index contributed by atoms with van der Waals surface area (Å²) in [6.45, 7) is 8.56. The van der Waals surface area contributed by atoms with Gasteiger partial charge in [-0.3, -0.25) is 14.6 Å². The lowest BCUT2D eigenvalue weighted by atomic mass is 10.1. The van der Waals surface area contributed by atoms with E-state index in [-0.39, 0.29) is 5.91 Å². The maximum atomic E-state index is 11.0. The van der Waals surface area contributed by atoms with Crippen LogP contribution in [0.3, 0.4) is 0 Å². The maximum Gasteiger partial charge on any atom is 0.221 e. The summed E-state index contributed by atoms with van der Waals surface area (Å²) in [7, 11) is 0. The lowest BCUT2D eigenvalue weighted by Gasteiger charge is -2.42. The van der Waals surface area contributed by atoms with E-state index in [2.05, 4.69) is 34.2 Å². The Morgan fingerprint density at radius 1 is 1.29 bits per heavy atom. The minimum atomic E-state index is -0.0197. The second-order valence-corrected chi connectivity index (χ2v) is 6.45. The Morgan fingerprint density at radius 3 is 2.76 bits per heavy atom. The molecule has 0 aliphatic carbocycles. The molecule has 4 heteroatoms. The summed E-state index contributed by atoms with van der Waals surface area (Å²) in [4.78, 5) is 16.3. The number of rotatable bonds is 3. The Bertz CT molecular complexity index is 499. The van der Waals surface area contributed by atoms with Gasteiger partial charge in [0.25, 0.3) is 0 Å². The first-order chi connectivity index (χ1) is 10.1. The highest BCUT2D eigenvalue weighted by Gasteiger charge is 2.34. The molecule has 0 bridgehead atoms. The fourth-order valence-electron chi connectivity index (χ4n) is 3.60. The van der Waals surface area contributed by atoms with Crippen molar-refractivity contribution in [1.29, 1.82) is 0 Å². The Kier molecular flexibility index (Phi) is 4.27. The van der Waals surface area contributed by atoms with Crippen LogP contribution in [0, 0.1) is 0 Å². The Balaban J connectivity index is 1.61. The molecule has 0 radical (unpaired) electrons. The fraction of sp³-hybridized carbons (Fsp3) is 0.588. The molecule has 2 aliphatic heterocycles. The highest BCUT2D eigenvalue weighted by molar-refractivity contribution is 5.88. The molecule has 2 saturated heterocycles. The minimum absolute atomic E-state index is 0.0197. The van der Waals surface area contributed by atoms with Gasteiger partial charge in [0.05, 0.1) is 0 Å². The number of anilines is 1. The zero-order valence-corrected chi connectivity index (χ0v) is 13.0. The van der Waals surface area contributed by atoms with Gasteiger partial charge in [0.1, 0.15) is 0 Å². The van der Waals surface area contributed by atoms with Crippen molar-refractivity contribution in [2.45, 2.75) is 45.3 Å². The number of nitrogens with zero attached hydrogens (tertiary/aromatic N) is 2. The number of hydrogen-bond acceptors (Lipinski definition) is 3. The van der Waals surface area contributed by atoms with Crippen LogP contribution < -0.4 is 5.32 Å². The number of hydrogen-bond donors (Lipinski definition) is 1. The monoisotopic (exact) mass is 287 g/mol. The molecular formula is C17H25N3O. The molecule has 21 heavy (non-hydrogen) atoms. The predicted molar refractivity (Wildman–Crippen MR) is 85.2 cm³/mol. The lowest BCUT2D eigenvalue weighted by Crippen LogP contribution is -2.54. The van der Waals surface area contributed by atoms with E-state index < -0.39 is 0 Å². The molecule has 1 aromatic carbocycles. The van der Waals surface area contributed by atoms with Gasteiger partial charge >= 0.3 is 0 Å². The highest BCUT2D eigenvalue weighted by atomic mass is 16.1. The second-order valence-electron chi connectivity index (χ2n) is 6.45. The van der Waals surface area contributed by atoms with Crippen LogP contribution >= 0.6 is 0 Å². The molecule has 2 atom stereocenters. The molecule has 2 heterocycles. The van der Waals surface area contributed by atoms with Crippen LogP contribution in [0.4, 0.5) is 5.69 Å². The number of piperazine rings is 1. The van der Waals surface area contributed by atoms with Crippen LogP contribution in [-0.2, 0) is 11.3 Å². The van der Waals surface area contributed by atoms with E-state index in [1.54, 1.807) is 0 Å². The number of fused-ring (bicyclic) bond motifs is 1. The lowest BCUT2D eigenvalue weighted by molar-refractivity contribution is -0.114. The SMILES string of the molecule is CC(=O)Nc1ccc(CN2C[C@@H]3CCCN3C[C@H]2C)cc1.